The van der Waals surface area contributed by atoms with Gasteiger partial charge in [-0.1, -0.05) is 209 Å². The molecule has 11 nitrogen and oxygen atoms in total. The normalized spacial score (nSPS) is 15.2. The fourth-order valence-electron chi connectivity index (χ4n) is 13.0. The van der Waals surface area contributed by atoms with Crippen LogP contribution in [0.5, 0.6) is 28.7 Å². The van der Waals surface area contributed by atoms with E-state index in [9.17, 15) is 15.3 Å². The predicted molar refractivity (Wildman–Crippen MR) is 391 cm³/mol. The van der Waals surface area contributed by atoms with Crippen molar-refractivity contribution in [3.63, 3.8) is 0 Å². The number of aliphatic hydroxyl groups is 1. The van der Waals surface area contributed by atoms with Crippen molar-refractivity contribution < 1.29 is 34.1 Å². The number of likely N-dealkylation sites (tertiary alicyclic amines) is 3. The maximum atomic E-state index is 11.5. The van der Waals surface area contributed by atoms with E-state index in [1.165, 1.54) is 58.4 Å². The van der Waals surface area contributed by atoms with Crippen molar-refractivity contribution in [1.29, 1.82) is 0 Å². The summed E-state index contributed by atoms with van der Waals surface area (Å²) < 4.78 is 24.1. The van der Waals surface area contributed by atoms with Gasteiger partial charge < -0.3 is 34.1 Å². The van der Waals surface area contributed by atoms with E-state index in [2.05, 4.69) is 194 Å². The van der Waals surface area contributed by atoms with Gasteiger partial charge in [0.2, 0.25) is 0 Å². The molecule has 0 radical (unpaired) electrons. The number of hydrogen-bond donors (Lipinski definition) is 3. The largest absolute Gasteiger partial charge is 0.508 e. The summed E-state index contributed by atoms with van der Waals surface area (Å²) in [6.45, 7) is 20.4. The number of halogens is 1. The van der Waals surface area contributed by atoms with Gasteiger partial charge in [0.15, 0.2) is 5.76 Å². The van der Waals surface area contributed by atoms with Crippen LogP contribution in [0.2, 0.25) is 5.02 Å². The van der Waals surface area contributed by atoms with Crippen LogP contribution in [0.15, 0.2) is 241 Å². The number of aromatic hydroxyl groups is 2. The number of benzene rings is 9. The molecule has 12 heteroatoms. The predicted octanol–water partition coefficient (Wildman–Crippen LogP) is 18.7. The van der Waals surface area contributed by atoms with Crippen LogP contribution in [-0.2, 0) is 0 Å². The van der Waals surface area contributed by atoms with Crippen molar-refractivity contribution in [3.05, 3.63) is 286 Å². The van der Waals surface area contributed by atoms with E-state index in [4.69, 9.17) is 30.3 Å². The fraction of sp³-hybridized carbons (Fsp3) is 0.274. The summed E-state index contributed by atoms with van der Waals surface area (Å²) in [4.78, 5) is 7.24. The van der Waals surface area contributed by atoms with Crippen LogP contribution in [0, 0.1) is 0 Å². The Balaban J connectivity index is 0.000000147. The molecule has 96 heavy (non-hydrogen) atoms. The van der Waals surface area contributed by atoms with Crippen LogP contribution in [-0.4, -0.2) is 112 Å². The number of phenolic OH excluding ortho intramolecular Hbond substituents is 2. The molecule has 1 aromatic heterocycles. The Morgan fingerprint density at radius 1 is 0.448 bits per heavy atom. The molecule has 0 amide bonds. The van der Waals surface area contributed by atoms with E-state index < -0.39 is 6.10 Å². The number of ether oxygens (including phenoxy) is 3. The van der Waals surface area contributed by atoms with Crippen LogP contribution in [0.1, 0.15) is 117 Å². The molecule has 9 aromatic carbocycles. The van der Waals surface area contributed by atoms with Crippen LogP contribution < -0.4 is 14.2 Å². The maximum absolute atomic E-state index is 11.5. The molecule has 1 atom stereocenters. The molecule has 13 rings (SSSR count). The second-order valence-electron chi connectivity index (χ2n) is 24.9. The molecule has 0 aliphatic carbocycles. The van der Waals surface area contributed by atoms with Gasteiger partial charge in [0.1, 0.15) is 58.9 Å². The summed E-state index contributed by atoms with van der Waals surface area (Å²) in [6, 6.07) is 77.9. The van der Waals surface area contributed by atoms with Gasteiger partial charge in [-0.25, -0.2) is 0 Å². The molecule has 3 fully saturated rings. The number of rotatable bonds is 24. The molecule has 0 bridgehead atoms. The number of nitrogens with zero attached hydrogens (tertiary/aromatic N) is 4. The van der Waals surface area contributed by atoms with Gasteiger partial charge in [0.05, 0.1) is 10.6 Å². The van der Waals surface area contributed by atoms with Crippen LogP contribution >= 0.6 is 11.6 Å². The number of allylic oxidation sites excluding steroid dienone is 2. The summed E-state index contributed by atoms with van der Waals surface area (Å²) >= 11 is 6.46. The summed E-state index contributed by atoms with van der Waals surface area (Å²) in [5.74, 6) is 3.49. The van der Waals surface area contributed by atoms with Gasteiger partial charge in [-0.15, -0.1) is 0 Å². The second kappa shape index (κ2) is 33.5. The molecule has 1 unspecified atom stereocenters. The van der Waals surface area contributed by atoms with Gasteiger partial charge >= 0.3 is 0 Å². The van der Waals surface area contributed by atoms with Gasteiger partial charge in [0.25, 0.3) is 0 Å². The number of aromatic nitrogens is 1. The zero-order chi connectivity index (χ0) is 66.8. The van der Waals surface area contributed by atoms with Gasteiger partial charge in [-0.2, -0.15) is 0 Å². The van der Waals surface area contributed by atoms with Crippen molar-refractivity contribution >= 4 is 33.9 Å². The number of aliphatic hydroxyl groups excluding tert-OH is 1. The first-order valence-corrected chi connectivity index (χ1v) is 34.5. The lowest BCUT2D eigenvalue weighted by atomic mass is 9.88. The van der Waals surface area contributed by atoms with E-state index >= 15 is 0 Å². The molecule has 3 saturated heterocycles. The molecule has 3 aliphatic rings. The van der Waals surface area contributed by atoms with E-state index in [1.54, 1.807) is 36.4 Å². The van der Waals surface area contributed by atoms with Crippen molar-refractivity contribution in [1.82, 2.24) is 19.9 Å². The Labute approximate surface area is 572 Å². The van der Waals surface area contributed by atoms with E-state index in [0.717, 1.165) is 106 Å². The molecular weight excluding hydrogens is 1210 g/mol. The average Bonchev–Trinajstić information content (AvgIpc) is 1.49. The topological polar surface area (TPSA) is 124 Å². The zero-order valence-electron chi connectivity index (χ0n) is 55.9. The minimum absolute atomic E-state index is 0.140. The first-order chi connectivity index (χ1) is 47.0. The molecule has 10 aromatic rings. The summed E-state index contributed by atoms with van der Waals surface area (Å²) in [5, 5.41) is 36.1. The van der Waals surface area contributed by atoms with Gasteiger partial charge in [-0.05, 0) is 192 Å². The van der Waals surface area contributed by atoms with E-state index in [-0.39, 0.29) is 23.7 Å². The Bertz CT molecular complexity index is 4110. The third-order valence-electron chi connectivity index (χ3n) is 17.8. The summed E-state index contributed by atoms with van der Waals surface area (Å²) in [5.41, 5.74) is 15.2. The Kier molecular flexibility index (Phi) is 23.8. The highest BCUT2D eigenvalue weighted by Gasteiger charge is 2.31. The average molecular weight is 1300 g/mol. The van der Waals surface area contributed by atoms with Crippen LogP contribution in [0.25, 0.3) is 44.9 Å². The zero-order valence-corrected chi connectivity index (χ0v) is 56.6. The van der Waals surface area contributed by atoms with E-state index in [0.29, 0.717) is 44.8 Å². The SMILES string of the molecule is CCCN1CC(Oc2ccc(/C(=C(/CC)c3ccccc3)c3cccc(O)c3)cc2)C1.CCCN1CC(Oc2ccc(/C(=C(/CC)c3ccccc3)c3ccccc3)cc2)C1.CCCN1CC(Oc2ccc(C(O)c3c(-c4ccccc4Cl)noc3-c3ccc(O)cc3)cc2)C1. The smallest absolute Gasteiger partial charge is 0.173 e. The standard InChI is InChI=1S/C28H27ClN2O4.C28H31NO2.C28H31NO/c1-2-15-31-16-22(17-31)34-21-13-9-18(10-14-21)27(33)25-26(23-5-3-4-6-24(23)29)30-35-28(25)19-7-11-20(32)12-8-19;1-3-17-29-19-26(20-29)31-25-15-13-22(14-16-25)28(23-11-8-12-24(30)18-23)27(4-2)21-9-6-5-7-10-21;1-3-19-29-20-26(21-29)30-25-17-15-24(16-18-25)28(23-13-9-6-10-14-23)27(4-2)22-11-7-5-8-12-22/h3-14,22,27,32-33H,2,15-17H2,1H3;5-16,18,26,30H,3-4,17,19-20H2,1-2H3;5-18,26H,3-4,19-21H2,1-2H3/b;28-27+;28-27-. The lowest BCUT2D eigenvalue weighted by molar-refractivity contribution is 0.0201. The van der Waals surface area contributed by atoms with Crippen molar-refractivity contribution in [3.8, 4) is 51.3 Å². The van der Waals surface area contributed by atoms with Gasteiger partial charge in [0, 0.05) is 50.4 Å². The second-order valence-corrected chi connectivity index (χ2v) is 25.3. The molecule has 4 heterocycles. The highest BCUT2D eigenvalue weighted by molar-refractivity contribution is 6.33. The first kappa shape index (κ1) is 68.2. The third kappa shape index (κ3) is 17.3. The summed E-state index contributed by atoms with van der Waals surface area (Å²) in [6.07, 6.45) is 5.19. The molecular formula is C84H89ClN4O7. The lowest BCUT2D eigenvalue weighted by Crippen LogP contribution is -2.53. The van der Waals surface area contributed by atoms with E-state index in [1.807, 2.05) is 60.7 Å². The minimum atomic E-state index is -1.02. The summed E-state index contributed by atoms with van der Waals surface area (Å²) in [7, 11) is 0. The molecule has 494 valence electrons. The van der Waals surface area contributed by atoms with Crippen molar-refractivity contribution in [2.45, 2.75) is 91.1 Å². The Morgan fingerprint density at radius 2 is 0.844 bits per heavy atom. The number of phenols is 2. The fourth-order valence-corrected chi connectivity index (χ4v) is 13.2. The monoisotopic (exact) mass is 1300 g/mol. The highest BCUT2D eigenvalue weighted by Crippen LogP contribution is 2.43. The minimum Gasteiger partial charge on any atom is -0.508 e. The molecule has 3 N–H and O–H groups in total. The van der Waals surface area contributed by atoms with Crippen LogP contribution in [0.4, 0.5) is 0 Å². The highest BCUT2D eigenvalue weighted by atomic mass is 35.5. The maximum Gasteiger partial charge on any atom is 0.173 e. The van der Waals surface area contributed by atoms with Crippen LogP contribution in [0.3, 0.4) is 0 Å². The van der Waals surface area contributed by atoms with Crippen molar-refractivity contribution in [2.75, 3.05) is 58.9 Å². The van der Waals surface area contributed by atoms with Gasteiger partial charge in [-0.3, -0.25) is 14.7 Å². The lowest BCUT2D eigenvalue weighted by Gasteiger charge is -2.38. The quantitative estimate of drug-likeness (QED) is 0.0501. The molecule has 0 spiro atoms. The first-order valence-electron chi connectivity index (χ1n) is 34.1. The van der Waals surface area contributed by atoms with Crippen molar-refractivity contribution in [2.24, 2.45) is 0 Å². The Hall–Kier alpha value is -9.20. The molecule has 3 aliphatic heterocycles. The number of hydrogen-bond acceptors (Lipinski definition) is 11. The molecule has 0 saturated carbocycles. The third-order valence-corrected chi connectivity index (χ3v) is 18.1. The Morgan fingerprint density at radius 3 is 1.27 bits per heavy atom.